The average Bonchev–Trinajstić information content (AvgIpc) is 2.18. The summed E-state index contributed by atoms with van der Waals surface area (Å²) in [6, 6.07) is 0. The highest BCUT2D eigenvalue weighted by Gasteiger charge is 2.21. The molecule has 0 aliphatic carbocycles. The van der Waals surface area contributed by atoms with Crippen LogP contribution < -0.4 is 5.32 Å². The van der Waals surface area contributed by atoms with Crippen LogP contribution in [0, 0.1) is 5.92 Å². The summed E-state index contributed by atoms with van der Waals surface area (Å²) in [4.78, 5) is 24.0. The van der Waals surface area contributed by atoms with E-state index in [4.69, 9.17) is 0 Å². The molecule has 4 nitrogen and oxygen atoms in total. The average molecular weight is 198 g/mol. The number of carbonyl (C=O) groups excluding carboxylic acids is 2. The Bertz CT molecular complexity index is 220. The lowest BCUT2D eigenvalue weighted by Gasteiger charge is -2.30. The molecular formula is C10H18N2O2. The van der Waals surface area contributed by atoms with Crippen molar-refractivity contribution in [1.82, 2.24) is 10.2 Å². The minimum Gasteiger partial charge on any atom is -0.359 e. The van der Waals surface area contributed by atoms with Crippen LogP contribution in [0.15, 0.2) is 0 Å². The van der Waals surface area contributed by atoms with Crippen LogP contribution in [-0.4, -0.2) is 36.9 Å². The first-order valence-corrected chi connectivity index (χ1v) is 5.09. The molecule has 2 amide bonds. The fourth-order valence-electron chi connectivity index (χ4n) is 1.82. The molecule has 80 valence electrons. The monoisotopic (exact) mass is 198 g/mol. The number of amides is 2. The normalized spacial score (nSPS) is 18.0. The molecule has 1 fully saturated rings. The Morgan fingerprint density at radius 2 is 1.93 bits per heavy atom. The second-order valence-electron chi connectivity index (χ2n) is 3.83. The standard InChI is InChI=1S/C10H18N2O2/c1-8(13)12-5-3-9(4-6-12)7-10(14)11-2/h9H,3-7H2,1-2H3,(H,11,14). The lowest BCUT2D eigenvalue weighted by Crippen LogP contribution is -2.38. The Morgan fingerprint density at radius 1 is 1.36 bits per heavy atom. The van der Waals surface area contributed by atoms with Crippen molar-refractivity contribution in [2.75, 3.05) is 20.1 Å². The lowest BCUT2D eigenvalue weighted by molar-refractivity contribution is -0.130. The Balaban J connectivity index is 2.29. The van der Waals surface area contributed by atoms with E-state index in [2.05, 4.69) is 5.32 Å². The van der Waals surface area contributed by atoms with E-state index in [0.29, 0.717) is 12.3 Å². The van der Waals surface area contributed by atoms with Crippen LogP contribution in [-0.2, 0) is 9.59 Å². The molecule has 1 aliphatic heterocycles. The van der Waals surface area contributed by atoms with Crippen LogP contribution in [0.25, 0.3) is 0 Å². The van der Waals surface area contributed by atoms with Crippen molar-refractivity contribution in [3.05, 3.63) is 0 Å². The van der Waals surface area contributed by atoms with E-state index < -0.39 is 0 Å². The quantitative estimate of drug-likeness (QED) is 0.697. The summed E-state index contributed by atoms with van der Waals surface area (Å²) >= 11 is 0. The van der Waals surface area contributed by atoms with E-state index in [0.717, 1.165) is 25.9 Å². The predicted octanol–water partition coefficient (Wildman–Crippen LogP) is 0.381. The molecule has 1 N–H and O–H groups in total. The molecule has 0 aromatic rings. The van der Waals surface area contributed by atoms with Gasteiger partial charge in [0.1, 0.15) is 0 Å². The zero-order valence-corrected chi connectivity index (χ0v) is 8.88. The highest BCUT2D eigenvalue weighted by molar-refractivity contribution is 5.76. The second kappa shape index (κ2) is 4.98. The number of piperidine rings is 1. The zero-order valence-electron chi connectivity index (χ0n) is 8.88. The summed E-state index contributed by atoms with van der Waals surface area (Å²) in [7, 11) is 1.66. The van der Waals surface area contributed by atoms with Crippen LogP contribution in [0.3, 0.4) is 0 Å². The molecule has 1 heterocycles. The van der Waals surface area contributed by atoms with Gasteiger partial charge in [0.15, 0.2) is 0 Å². The van der Waals surface area contributed by atoms with E-state index in [1.165, 1.54) is 0 Å². The Kier molecular flexibility index (Phi) is 3.92. The van der Waals surface area contributed by atoms with Gasteiger partial charge in [-0.15, -0.1) is 0 Å². The number of hydrogen-bond donors (Lipinski definition) is 1. The van der Waals surface area contributed by atoms with Gasteiger partial charge in [0, 0.05) is 33.5 Å². The predicted molar refractivity (Wildman–Crippen MR) is 53.7 cm³/mol. The fourth-order valence-corrected chi connectivity index (χ4v) is 1.82. The number of carbonyl (C=O) groups is 2. The summed E-state index contributed by atoms with van der Waals surface area (Å²) in [5.74, 6) is 0.695. The third-order valence-electron chi connectivity index (χ3n) is 2.81. The van der Waals surface area contributed by atoms with Gasteiger partial charge in [-0.05, 0) is 18.8 Å². The SMILES string of the molecule is CNC(=O)CC1CCN(C(C)=O)CC1. The van der Waals surface area contributed by atoms with Crippen molar-refractivity contribution in [2.45, 2.75) is 26.2 Å². The van der Waals surface area contributed by atoms with Gasteiger partial charge in [-0.25, -0.2) is 0 Å². The molecule has 0 atom stereocenters. The van der Waals surface area contributed by atoms with Gasteiger partial charge in [-0.1, -0.05) is 0 Å². The number of nitrogens with one attached hydrogen (secondary N) is 1. The van der Waals surface area contributed by atoms with Crippen LogP contribution in [0.2, 0.25) is 0 Å². The first-order valence-electron chi connectivity index (χ1n) is 5.09. The Morgan fingerprint density at radius 3 is 2.36 bits per heavy atom. The molecule has 4 heteroatoms. The van der Waals surface area contributed by atoms with Gasteiger partial charge in [0.05, 0.1) is 0 Å². The second-order valence-corrected chi connectivity index (χ2v) is 3.83. The third kappa shape index (κ3) is 3.01. The fraction of sp³-hybridized carbons (Fsp3) is 0.800. The van der Waals surface area contributed by atoms with Crippen LogP contribution in [0.1, 0.15) is 26.2 Å². The molecule has 0 spiro atoms. The number of rotatable bonds is 2. The summed E-state index contributed by atoms with van der Waals surface area (Å²) in [6.07, 6.45) is 2.50. The lowest BCUT2D eigenvalue weighted by atomic mass is 9.93. The maximum absolute atomic E-state index is 11.1. The minimum absolute atomic E-state index is 0.103. The Labute approximate surface area is 84.7 Å². The van der Waals surface area contributed by atoms with Crippen LogP contribution >= 0.6 is 0 Å². The largest absolute Gasteiger partial charge is 0.359 e. The molecule has 0 bridgehead atoms. The minimum atomic E-state index is 0.103. The smallest absolute Gasteiger partial charge is 0.220 e. The van der Waals surface area contributed by atoms with Crippen LogP contribution in [0.5, 0.6) is 0 Å². The molecule has 14 heavy (non-hydrogen) atoms. The topological polar surface area (TPSA) is 49.4 Å². The van der Waals surface area contributed by atoms with Gasteiger partial charge in [-0.2, -0.15) is 0 Å². The highest BCUT2D eigenvalue weighted by Crippen LogP contribution is 2.20. The molecule has 1 rings (SSSR count). The maximum Gasteiger partial charge on any atom is 0.220 e. The van der Waals surface area contributed by atoms with Crippen molar-refractivity contribution in [3.8, 4) is 0 Å². The van der Waals surface area contributed by atoms with E-state index >= 15 is 0 Å². The highest BCUT2D eigenvalue weighted by atomic mass is 16.2. The van der Waals surface area contributed by atoms with Gasteiger partial charge in [0.2, 0.25) is 11.8 Å². The summed E-state index contributed by atoms with van der Waals surface area (Å²) in [6.45, 7) is 3.20. The summed E-state index contributed by atoms with van der Waals surface area (Å²) in [5, 5.41) is 2.63. The van der Waals surface area contributed by atoms with Crippen molar-refractivity contribution in [3.63, 3.8) is 0 Å². The van der Waals surface area contributed by atoms with Gasteiger partial charge in [0.25, 0.3) is 0 Å². The van der Waals surface area contributed by atoms with Crippen molar-refractivity contribution >= 4 is 11.8 Å². The van der Waals surface area contributed by atoms with E-state index in [9.17, 15) is 9.59 Å². The molecule has 1 saturated heterocycles. The molecular weight excluding hydrogens is 180 g/mol. The maximum atomic E-state index is 11.1. The Hall–Kier alpha value is -1.06. The van der Waals surface area contributed by atoms with E-state index in [-0.39, 0.29) is 11.8 Å². The molecule has 0 radical (unpaired) electrons. The first-order chi connectivity index (χ1) is 6.63. The molecule has 0 aromatic heterocycles. The molecule has 0 saturated carbocycles. The number of likely N-dealkylation sites (tertiary alicyclic amines) is 1. The van der Waals surface area contributed by atoms with Crippen molar-refractivity contribution in [1.29, 1.82) is 0 Å². The van der Waals surface area contributed by atoms with E-state index in [1.54, 1.807) is 14.0 Å². The van der Waals surface area contributed by atoms with E-state index in [1.807, 2.05) is 4.90 Å². The van der Waals surface area contributed by atoms with Crippen molar-refractivity contribution < 1.29 is 9.59 Å². The number of hydrogen-bond acceptors (Lipinski definition) is 2. The van der Waals surface area contributed by atoms with Gasteiger partial charge in [-0.3, -0.25) is 9.59 Å². The van der Waals surface area contributed by atoms with Crippen LogP contribution in [0.4, 0.5) is 0 Å². The molecule has 0 unspecified atom stereocenters. The van der Waals surface area contributed by atoms with Crippen molar-refractivity contribution in [2.24, 2.45) is 5.92 Å². The first kappa shape index (κ1) is 11.0. The molecule has 1 aliphatic rings. The third-order valence-corrected chi connectivity index (χ3v) is 2.81. The zero-order chi connectivity index (χ0) is 10.6. The summed E-state index contributed by atoms with van der Waals surface area (Å²) < 4.78 is 0. The summed E-state index contributed by atoms with van der Waals surface area (Å²) in [5.41, 5.74) is 0. The van der Waals surface area contributed by atoms with Gasteiger partial charge < -0.3 is 10.2 Å². The molecule has 0 aromatic carbocycles. The number of nitrogens with zero attached hydrogens (tertiary/aromatic N) is 1. The van der Waals surface area contributed by atoms with Gasteiger partial charge >= 0.3 is 0 Å².